The molecule has 0 aliphatic heterocycles. The number of ether oxygens (including phenoxy) is 1. The Labute approximate surface area is 462 Å². The van der Waals surface area contributed by atoms with E-state index in [9.17, 15) is 110 Å². The highest BCUT2D eigenvalue weighted by atomic mass is 32.1. The number of carbonyl (C=O) groups excluding carboxylic acids is 1. The molecule has 0 fully saturated rings. The van der Waals surface area contributed by atoms with Gasteiger partial charge in [0.05, 0.1) is 49.9 Å². The van der Waals surface area contributed by atoms with Crippen LogP contribution in [0.25, 0.3) is 10.8 Å². The molecule has 0 aliphatic carbocycles. The van der Waals surface area contributed by atoms with E-state index in [1.165, 1.54) is 0 Å². The van der Waals surface area contributed by atoms with E-state index >= 15 is 0 Å². The summed E-state index contributed by atoms with van der Waals surface area (Å²) in [7, 11) is 0. The van der Waals surface area contributed by atoms with E-state index in [0.29, 0.717) is 22.9 Å². The van der Waals surface area contributed by atoms with Gasteiger partial charge in [-0.25, -0.2) is 4.79 Å². The molecule has 1 heterocycles. The van der Waals surface area contributed by atoms with E-state index in [1.54, 1.807) is 12.1 Å². The van der Waals surface area contributed by atoms with Gasteiger partial charge in [-0.05, 0) is 47.9 Å². The van der Waals surface area contributed by atoms with Crippen LogP contribution in [0.5, 0.6) is 5.75 Å². The molecule has 0 spiro atoms. The molecule has 0 amide bonds. The van der Waals surface area contributed by atoms with Gasteiger partial charge in [-0.1, -0.05) is 109 Å². The summed E-state index contributed by atoms with van der Waals surface area (Å²) in [5.74, 6) is 0.0502. The standard InChI is InChI=1S/C32H12BF24.C23H17NO2S/c34-25(35,36)13-1-14(26(37,38)39)6-21(5-13)33(22-7-15(27(40,41)42)2-16(8-22)28(43,44)45,23-9-17(29(46,47)48)3-18(10-23)30(49,50)51)24-11-19(31(52,53)54)4-20(12-24)32(55,56)57;25-23(26-20-12-6-7-13-21(20)27)22-19-11-5-4-10-18(19)14-15-24(22)16-17-8-2-1-3-9-17/h1-12H;1-15H,16H2/q-1;/p+1. The van der Waals surface area contributed by atoms with Gasteiger partial charge in [-0.15, -0.1) is 12.6 Å². The maximum absolute atomic E-state index is 14.2. The van der Waals surface area contributed by atoms with Crippen LogP contribution in [0.15, 0.2) is 169 Å². The zero-order valence-electron chi connectivity index (χ0n) is 41.2. The monoisotopic (exact) mass is 1240 g/mol. The number of aromatic nitrogens is 1. The van der Waals surface area contributed by atoms with Gasteiger partial charge >= 0.3 is 55.4 Å². The molecule has 3 nitrogen and oxygen atoms in total. The predicted octanol–water partition coefficient (Wildman–Crippen LogP) is 15.9. The van der Waals surface area contributed by atoms with Crippen LogP contribution in [0, 0.1) is 0 Å². The Kier molecular flexibility index (Phi) is 17.2. The lowest BCUT2D eigenvalue weighted by molar-refractivity contribution is -0.689. The molecule has 1 aromatic heterocycles. The van der Waals surface area contributed by atoms with Crippen molar-refractivity contribution in [1.82, 2.24) is 0 Å². The molecule has 7 aromatic carbocycles. The van der Waals surface area contributed by atoms with Gasteiger partial charge in [0, 0.05) is 16.5 Å². The number of esters is 1. The molecule has 0 saturated carbocycles. The molecule has 444 valence electrons. The van der Waals surface area contributed by atoms with Crippen LogP contribution in [-0.2, 0) is 56.0 Å². The predicted molar refractivity (Wildman–Crippen MR) is 258 cm³/mol. The van der Waals surface area contributed by atoms with Gasteiger partial charge < -0.3 is 4.74 Å². The minimum atomic E-state index is -6.13. The van der Waals surface area contributed by atoms with E-state index in [2.05, 4.69) is 12.6 Å². The van der Waals surface area contributed by atoms with Crippen LogP contribution in [0.4, 0.5) is 105 Å². The summed E-state index contributed by atoms with van der Waals surface area (Å²) in [6.45, 7) is 0.582. The van der Waals surface area contributed by atoms with Crippen molar-refractivity contribution in [3.8, 4) is 5.75 Å². The Morgan fingerprint density at radius 1 is 0.381 bits per heavy atom. The lowest BCUT2D eigenvalue weighted by atomic mass is 9.12. The van der Waals surface area contributed by atoms with Gasteiger partial charge in [-0.3, -0.25) is 0 Å². The van der Waals surface area contributed by atoms with Crippen molar-refractivity contribution in [2.45, 2.75) is 60.9 Å². The first-order valence-corrected chi connectivity index (χ1v) is 23.7. The Morgan fingerprint density at radius 2 is 0.679 bits per heavy atom. The fraction of sp³-hybridized carbons (Fsp3) is 0.164. The van der Waals surface area contributed by atoms with Gasteiger partial charge in [0.25, 0.3) is 5.69 Å². The minimum Gasteiger partial charge on any atom is -0.417 e. The zero-order chi connectivity index (χ0) is 62.6. The van der Waals surface area contributed by atoms with Crippen LogP contribution in [0.2, 0.25) is 0 Å². The highest BCUT2D eigenvalue weighted by Crippen LogP contribution is 2.42. The number of fused-ring (bicyclic) bond motifs is 1. The molecule has 8 rings (SSSR count). The highest BCUT2D eigenvalue weighted by Gasteiger charge is 2.47. The third kappa shape index (κ3) is 14.2. The van der Waals surface area contributed by atoms with Crippen molar-refractivity contribution >= 4 is 57.4 Å². The third-order valence-corrected chi connectivity index (χ3v) is 13.2. The number of pyridine rings is 1. The fourth-order valence-electron chi connectivity index (χ4n) is 9.16. The second-order valence-electron chi connectivity index (χ2n) is 18.4. The van der Waals surface area contributed by atoms with Crippen LogP contribution in [-0.4, -0.2) is 12.1 Å². The molecular weight excluding hydrogens is 1210 g/mol. The van der Waals surface area contributed by atoms with Gasteiger partial charge in [0.15, 0.2) is 12.7 Å². The van der Waals surface area contributed by atoms with Crippen molar-refractivity contribution in [1.29, 1.82) is 0 Å². The van der Waals surface area contributed by atoms with Crippen molar-refractivity contribution < 1.29 is 119 Å². The average Bonchev–Trinajstić information content (AvgIpc) is 1.20. The lowest BCUT2D eigenvalue weighted by Gasteiger charge is -2.46. The molecule has 84 heavy (non-hydrogen) atoms. The molecule has 0 bridgehead atoms. The van der Waals surface area contributed by atoms with E-state index < -0.39 is 201 Å². The number of hydrogen-bond donors (Lipinski definition) is 1. The molecule has 0 N–H and O–H groups in total. The van der Waals surface area contributed by atoms with E-state index in [4.69, 9.17) is 4.74 Å². The number of hydrogen-bond acceptors (Lipinski definition) is 3. The smallest absolute Gasteiger partial charge is 0.416 e. The number of carbonyl (C=O) groups is 1. The van der Waals surface area contributed by atoms with Gasteiger partial charge in [0.2, 0.25) is 0 Å². The largest absolute Gasteiger partial charge is 0.417 e. The Hall–Kier alpha value is -7.85. The van der Waals surface area contributed by atoms with Crippen LogP contribution >= 0.6 is 12.6 Å². The number of halogens is 24. The summed E-state index contributed by atoms with van der Waals surface area (Å²) in [6.07, 6.45) is -52.9. The Morgan fingerprint density at radius 3 is 1.00 bits per heavy atom. The molecule has 0 aliphatic rings. The first-order valence-electron chi connectivity index (χ1n) is 23.3. The molecule has 0 radical (unpaired) electrons. The SMILES string of the molecule is FC(F)(F)c1cc([B-](c2cc(C(F)(F)F)cc(C(F)(F)F)c2)(c2cc(C(F)(F)F)cc(C(F)(F)F)c2)c2cc(C(F)(F)F)cc(C(F)(F)F)c2)cc(C(F)(F)F)c1.O=C(Oc1ccccc1S)c1c2ccccc2cc[n+]1Cc1ccccc1. The third-order valence-electron chi connectivity index (χ3n) is 12.8. The fourth-order valence-corrected chi connectivity index (χ4v) is 9.37. The second-order valence-corrected chi connectivity index (χ2v) is 18.9. The topological polar surface area (TPSA) is 30.2 Å². The van der Waals surface area contributed by atoms with Crippen molar-refractivity contribution in [2.24, 2.45) is 0 Å². The van der Waals surface area contributed by atoms with E-state index in [-0.39, 0.29) is 0 Å². The molecule has 0 unspecified atom stereocenters. The molecule has 29 heteroatoms. The number of rotatable bonds is 8. The van der Waals surface area contributed by atoms with E-state index in [1.807, 2.05) is 83.6 Å². The van der Waals surface area contributed by atoms with Crippen molar-refractivity contribution in [3.05, 3.63) is 220 Å². The summed E-state index contributed by atoms with van der Waals surface area (Å²) >= 11 is 4.38. The van der Waals surface area contributed by atoms with Crippen molar-refractivity contribution in [2.75, 3.05) is 0 Å². The van der Waals surface area contributed by atoms with E-state index in [0.717, 1.165) is 16.3 Å². The molecular formula is C55H30BF24NO2S. The quantitative estimate of drug-likeness (QED) is 0.0410. The normalized spacial score (nSPS) is 13.2. The molecule has 8 aromatic rings. The number of benzene rings is 7. The summed E-state index contributed by atoms with van der Waals surface area (Å²) in [5, 5.41) is 1.85. The van der Waals surface area contributed by atoms with Crippen LogP contribution in [0.1, 0.15) is 60.6 Å². The summed E-state index contributed by atoms with van der Waals surface area (Å²) in [5.41, 5.74) is -28.6. The summed E-state index contributed by atoms with van der Waals surface area (Å²) in [6, 6.07) is 18.3. The Bertz CT molecular complexity index is 3290. The maximum atomic E-state index is 14.2. The maximum Gasteiger partial charge on any atom is 0.416 e. The number of nitrogens with zero attached hydrogens (tertiary/aromatic N) is 1. The van der Waals surface area contributed by atoms with Gasteiger partial charge in [-0.2, -0.15) is 132 Å². The molecule has 0 saturated heterocycles. The second kappa shape index (κ2) is 22.6. The lowest BCUT2D eigenvalue weighted by Crippen LogP contribution is -2.75. The molecule has 0 atom stereocenters. The number of thiol groups is 1. The first-order chi connectivity index (χ1) is 38.5. The number of alkyl halides is 24. The van der Waals surface area contributed by atoms with Crippen LogP contribution < -0.4 is 31.2 Å². The van der Waals surface area contributed by atoms with Gasteiger partial charge in [0.1, 0.15) is 11.9 Å². The summed E-state index contributed by atoms with van der Waals surface area (Å²) in [4.78, 5) is 13.7. The van der Waals surface area contributed by atoms with Crippen molar-refractivity contribution in [3.63, 3.8) is 0 Å². The highest BCUT2D eigenvalue weighted by molar-refractivity contribution is 7.80. The number of para-hydroxylation sites is 1. The van der Waals surface area contributed by atoms with Crippen LogP contribution in [0.3, 0.4) is 0 Å². The minimum absolute atomic E-state index is 0.399. The Balaban J connectivity index is 0.000000309. The first kappa shape index (κ1) is 63.7. The summed E-state index contributed by atoms with van der Waals surface area (Å²) < 4.78 is 348. The average molecular weight is 1240 g/mol. The zero-order valence-corrected chi connectivity index (χ0v) is 42.0.